The van der Waals surface area contributed by atoms with E-state index in [1.807, 2.05) is 6.20 Å². The molecule has 2 N–H and O–H groups in total. The quantitative estimate of drug-likeness (QED) is 0.884. The second kappa shape index (κ2) is 6.87. The van der Waals surface area contributed by atoms with Crippen molar-refractivity contribution in [3.63, 3.8) is 0 Å². The van der Waals surface area contributed by atoms with Crippen molar-refractivity contribution >= 4 is 32.5 Å². The van der Waals surface area contributed by atoms with E-state index in [1.165, 1.54) is 10.8 Å². The molecular weight excluding hydrogens is 302 g/mol. The zero-order valence-corrected chi connectivity index (χ0v) is 12.9. The van der Waals surface area contributed by atoms with Crippen molar-refractivity contribution in [2.24, 2.45) is 5.73 Å². The summed E-state index contributed by atoms with van der Waals surface area (Å²) in [6.45, 7) is 4.88. The molecule has 102 valence electrons. The van der Waals surface area contributed by atoms with Crippen LogP contribution in [0.3, 0.4) is 0 Å². The van der Waals surface area contributed by atoms with E-state index in [-0.39, 0.29) is 0 Å². The number of hydrogen-bond donors (Lipinski definition) is 1. The van der Waals surface area contributed by atoms with Gasteiger partial charge in [0.15, 0.2) is 0 Å². The third kappa shape index (κ3) is 3.25. The van der Waals surface area contributed by atoms with Gasteiger partial charge in [-0.25, -0.2) is 4.98 Å². The first-order valence-electron chi connectivity index (χ1n) is 6.76. The minimum absolute atomic E-state index is 0.717. The van der Waals surface area contributed by atoms with Gasteiger partial charge in [0, 0.05) is 34.5 Å². The number of fused-ring (bicyclic) bond motifs is 1. The zero-order valence-electron chi connectivity index (χ0n) is 11.3. The number of rotatable bonds is 6. The average molecular weight is 322 g/mol. The summed E-state index contributed by atoms with van der Waals surface area (Å²) in [5, 5.41) is 2.41. The topological polar surface area (TPSA) is 42.1 Å². The van der Waals surface area contributed by atoms with Crippen molar-refractivity contribution in [2.75, 3.05) is 24.5 Å². The van der Waals surface area contributed by atoms with Crippen molar-refractivity contribution in [3.8, 4) is 0 Å². The van der Waals surface area contributed by atoms with Gasteiger partial charge in [-0.2, -0.15) is 0 Å². The Hall–Kier alpha value is -1.13. The van der Waals surface area contributed by atoms with Crippen LogP contribution in [0.1, 0.15) is 19.8 Å². The molecule has 0 fully saturated rings. The number of halogens is 1. The smallest absolute Gasteiger partial charge is 0.136 e. The minimum atomic E-state index is 0.717. The van der Waals surface area contributed by atoms with Crippen molar-refractivity contribution in [1.82, 2.24) is 4.98 Å². The minimum Gasteiger partial charge on any atom is -0.356 e. The first-order chi connectivity index (χ1) is 9.27. The monoisotopic (exact) mass is 321 g/mol. The van der Waals surface area contributed by atoms with E-state index in [2.05, 4.69) is 57.0 Å². The van der Waals surface area contributed by atoms with E-state index in [1.54, 1.807) is 0 Å². The molecule has 0 bridgehead atoms. The maximum Gasteiger partial charge on any atom is 0.136 e. The summed E-state index contributed by atoms with van der Waals surface area (Å²) >= 11 is 3.61. The first-order valence-corrected chi connectivity index (χ1v) is 7.55. The Labute approximate surface area is 122 Å². The summed E-state index contributed by atoms with van der Waals surface area (Å²) in [5.41, 5.74) is 5.63. The van der Waals surface area contributed by atoms with Gasteiger partial charge in [0.1, 0.15) is 5.82 Å². The molecule has 0 saturated carbocycles. The van der Waals surface area contributed by atoms with Crippen LogP contribution in [0.15, 0.2) is 34.9 Å². The van der Waals surface area contributed by atoms with Crippen LogP contribution in [-0.4, -0.2) is 24.6 Å². The summed E-state index contributed by atoms with van der Waals surface area (Å²) < 4.78 is 1.11. The van der Waals surface area contributed by atoms with Crippen LogP contribution in [-0.2, 0) is 0 Å². The molecule has 0 aliphatic carbocycles. The Morgan fingerprint density at radius 1 is 1.21 bits per heavy atom. The lowest BCUT2D eigenvalue weighted by molar-refractivity contribution is 0.714. The summed E-state index contributed by atoms with van der Waals surface area (Å²) in [6, 6.07) is 8.31. The molecule has 0 spiro atoms. The van der Waals surface area contributed by atoms with Gasteiger partial charge in [-0.3, -0.25) is 0 Å². The SMILES string of the molecule is CCCN(CCCN)c1nccc2c(Br)cccc12. The number of hydrogen-bond acceptors (Lipinski definition) is 3. The van der Waals surface area contributed by atoms with Crippen molar-refractivity contribution < 1.29 is 0 Å². The Morgan fingerprint density at radius 2 is 2.05 bits per heavy atom. The third-order valence-corrected chi connectivity index (χ3v) is 3.85. The molecule has 0 saturated heterocycles. The molecule has 0 aliphatic heterocycles. The van der Waals surface area contributed by atoms with Gasteiger partial charge in [-0.05, 0) is 31.5 Å². The number of nitrogens with two attached hydrogens (primary N) is 1. The van der Waals surface area contributed by atoms with Crippen LogP contribution in [0.25, 0.3) is 10.8 Å². The summed E-state index contributed by atoms with van der Waals surface area (Å²) in [7, 11) is 0. The molecule has 0 unspecified atom stereocenters. The van der Waals surface area contributed by atoms with Gasteiger partial charge in [0.2, 0.25) is 0 Å². The molecule has 0 aliphatic rings. The fourth-order valence-corrected chi connectivity index (χ4v) is 2.78. The van der Waals surface area contributed by atoms with Crippen LogP contribution >= 0.6 is 15.9 Å². The second-order valence-electron chi connectivity index (χ2n) is 4.60. The van der Waals surface area contributed by atoms with Crippen LogP contribution in [0.2, 0.25) is 0 Å². The normalized spacial score (nSPS) is 10.9. The van der Waals surface area contributed by atoms with Gasteiger partial charge < -0.3 is 10.6 Å². The summed E-state index contributed by atoms with van der Waals surface area (Å²) in [5.74, 6) is 1.06. The maximum absolute atomic E-state index is 5.63. The number of pyridine rings is 1. The highest BCUT2D eigenvalue weighted by atomic mass is 79.9. The Morgan fingerprint density at radius 3 is 2.79 bits per heavy atom. The van der Waals surface area contributed by atoms with Gasteiger partial charge >= 0.3 is 0 Å². The Bertz CT molecular complexity index is 542. The highest BCUT2D eigenvalue weighted by Gasteiger charge is 2.11. The summed E-state index contributed by atoms with van der Waals surface area (Å²) in [6.07, 6.45) is 3.98. The van der Waals surface area contributed by atoms with E-state index in [4.69, 9.17) is 5.73 Å². The highest BCUT2D eigenvalue weighted by Crippen LogP contribution is 2.29. The second-order valence-corrected chi connectivity index (χ2v) is 5.45. The predicted octanol–water partition coefficient (Wildman–Crippen LogP) is 3.56. The molecule has 1 aromatic heterocycles. The average Bonchev–Trinajstić information content (AvgIpc) is 2.43. The van der Waals surface area contributed by atoms with Crippen LogP contribution in [0.5, 0.6) is 0 Å². The zero-order chi connectivity index (χ0) is 13.7. The van der Waals surface area contributed by atoms with E-state index in [9.17, 15) is 0 Å². The fraction of sp³-hybridized carbons (Fsp3) is 0.400. The Kier molecular flexibility index (Phi) is 5.16. The number of nitrogens with zero attached hydrogens (tertiary/aromatic N) is 2. The molecule has 0 radical (unpaired) electrons. The number of benzene rings is 1. The van der Waals surface area contributed by atoms with E-state index >= 15 is 0 Å². The van der Waals surface area contributed by atoms with Crippen molar-refractivity contribution in [2.45, 2.75) is 19.8 Å². The lowest BCUT2D eigenvalue weighted by atomic mass is 10.1. The standard InChI is InChI=1S/C15H20BrN3/c1-2-10-19(11-4-8-17)15-13-5-3-6-14(16)12(13)7-9-18-15/h3,5-7,9H,2,4,8,10-11,17H2,1H3. The van der Waals surface area contributed by atoms with Crippen LogP contribution in [0.4, 0.5) is 5.82 Å². The van der Waals surface area contributed by atoms with Crippen LogP contribution < -0.4 is 10.6 Å². The molecule has 0 amide bonds. The number of aromatic nitrogens is 1. The summed E-state index contributed by atoms with van der Waals surface area (Å²) in [4.78, 5) is 6.92. The molecule has 1 heterocycles. The fourth-order valence-electron chi connectivity index (χ4n) is 2.28. The van der Waals surface area contributed by atoms with E-state index < -0.39 is 0 Å². The highest BCUT2D eigenvalue weighted by molar-refractivity contribution is 9.10. The molecule has 0 atom stereocenters. The predicted molar refractivity (Wildman–Crippen MR) is 85.6 cm³/mol. The largest absolute Gasteiger partial charge is 0.356 e. The van der Waals surface area contributed by atoms with Gasteiger partial charge in [-0.1, -0.05) is 35.0 Å². The van der Waals surface area contributed by atoms with Crippen molar-refractivity contribution in [1.29, 1.82) is 0 Å². The van der Waals surface area contributed by atoms with Crippen molar-refractivity contribution in [3.05, 3.63) is 34.9 Å². The maximum atomic E-state index is 5.63. The third-order valence-electron chi connectivity index (χ3n) is 3.16. The van der Waals surface area contributed by atoms with E-state index in [0.717, 1.165) is 36.2 Å². The molecular formula is C15H20BrN3. The van der Waals surface area contributed by atoms with Gasteiger partial charge in [-0.15, -0.1) is 0 Å². The molecule has 2 aromatic rings. The lowest BCUT2D eigenvalue weighted by Crippen LogP contribution is -2.27. The lowest BCUT2D eigenvalue weighted by Gasteiger charge is -2.24. The molecule has 3 nitrogen and oxygen atoms in total. The molecule has 19 heavy (non-hydrogen) atoms. The first kappa shape index (κ1) is 14.3. The number of anilines is 1. The van der Waals surface area contributed by atoms with Gasteiger partial charge in [0.25, 0.3) is 0 Å². The molecule has 2 rings (SSSR count). The molecule has 4 heteroatoms. The van der Waals surface area contributed by atoms with Crippen LogP contribution in [0, 0.1) is 0 Å². The molecule has 1 aromatic carbocycles. The van der Waals surface area contributed by atoms with Gasteiger partial charge in [0.05, 0.1) is 0 Å². The van der Waals surface area contributed by atoms with E-state index in [0.29, 0.717) is 6.54 Å². The Balaban J connectivity index is 2.43.